The molecule has 2 aromatic carbocycles. The van der Waals surface area contributed by atoms with E-state index in [2.05, 4.69) is 11.6 Å². The molecule has 35 heavy (non-hydrogen) atoms. The first-order valence-corrected chi connectivity index (χ1v) is 12.0. The molecule has 3 heterocycles. The fourth-order valence-electron chi connectivity index (χ4n) is 4.22. The third-order valence-corrected chi connectivity index (χ3v) is 7.06. The molecule has 0 bridgehead atoms. The lowest BCUT2D eigenvalue weighted by atomic mass is 10.0. The molecule has 2 aromatic heterocycles. The molecular formula is C27H23N3O4S. The highest BCUT2D eigenvalue weighted by atomic mass is 32.1. The zero-order chi connectivity index (χ0) is 24.7. The first-order valence-electron chi connectivity index (χ1n) is 11.2. The van der Waals surface area contributed by atoms with Gasteiger partial charge < -0.3 is 9.64 Å². The Kier molecular flexibility index (Phi) is 5.82. The van der Waals surface area contributed by atoms with Crippen molar-refractivity contribution in [3.63, 3.8) is 0 Å². The van der Waals surface area contributed by atoms with Crippen LogP contribution < -0.4 is 15.2 Å². The van der Waals surface area contributed by atoms with Gasteiger partial charge in [0.2, 0.25) is 0 Å². The van der Waals surface area contributed by atoms with Crippen molar-refractivity contribution in [2.75, 3.05) is 18.1 Å². The zero-order valence-electron chi connectivity index (χ0n) is 19.4. The largest absolute Gasteiger partial charge is 0.482 e. The number of thiophene rings is 1. The molecule has 4 aromatic rings. The molecule has 176 valence electrons. The van der Waals surface area contributed by atoms with Gasteiger partial charge in [-0.2, -0.15) is 0 Å². The first-order chi connectivity index (χ1) is 16.9. The van der Waals surface area contributed by atoms with E-state index in [-0.39, 0.29) is 23.9 Å². The van der Waals surface area contributed by atoms with Gasteiger partial charge in [-0.3, -0.25) is 19.0 Å². The second-order valence-electron chi connectivity index (χ2n) is 8.46. The van der Waals surface area contributed by atoms with Gasteiger partial charge in [0.15, 0.2) is 12.4 Å². The summed E-state index contributed by atoms with van der Waals surface area (Å²) in [5, 5.41) is 2.43. The van der Waals surface area contributed by atoms with Gasteiger partial charge in [-0.25, -0.2) is 4.98 Å². The van der Waals surface area contributed by atoms with Crippen molar-refractivity contribution in [2.45, 2.75) is 19.9 Å². The minimum Gasteiger partial charge on any atom is -0.482 e. The van der Waals surface area contributed by atoms with Gasteiger partial charge in [0.05, 0.1) is 23.4 Å². The maximum atomic E-state index is 13.5. The van der Waals surface area contributed by atoms with Gasteiger partial charge in [-0.05, 0) is 37.6 Å². The summed E-state index contributed by atoms with van der Waals surface area (Å²) >= 11 is 1.40. The second-order valence-corrected chi connectivity index (χ2v) is 9.32. The molecule has 1 aliphatic rings. The topological polar surface area (TPSA) is 81.5 Å². The van der Waals surface area contributed by atoms with Crippen molar-refractivity contribution in [3.8, 4) is 16.9 Å². The van der Waals surface area contributed by atoms with Crippen LogP contribution in [0.25, 0.3) is 21.3 Å². The molecule has 1 aliphatic heterocycles. The molecule has 0 aliphatic carbocycles. The van der Waals surface area contributed by atoms with Crippen molar-refractivity contribution in [2.24, 2.45) is 0 Å². The third kappa shape index (κ3) is 3.95. The van der Waals surface area contributed by atoms with Gasteiger partial charge in [0.25, 0.3) is 11.5 Å². The highest BCUT2D eigenvalue weighted by Crippen LogP contribution is 2.34. The van der Waals surface area contributed by atoms with Crippen LogP contribution in [0.3, 0.4) is 0 Å². The van der Waals surface area contributed by atoms with Gasteiger partial charge in [-0.15, -0.1) is 17.9 Å². The van der Waals surface area contributed by atoms with E-state index in [1.54, 1.807) is 31.2 Å². The number of rotatable bonds is 6. The highest BCUT2D eigenvalue weighted by molar-refractivity contribution is 7.17. The average Bonchev–Trinajstić information content (AvgIpc) is 3.30. The first kappa shape index (κ1) is 22.7. The maximum absolute atomic E-state index is 13.5. The van der Waals surface area contributed by atoms with Crippen LogP contribution in [-0.4, -0.2) is 34.4 Å². The molecule has 5 rings (SSSR count). The molecular weight excluding hydrogens is 462 g/mol. The standard InChI is InChI=1S/C27H23N3O4S/c1-4-11-29-21-12-19(9-10-22(21)34-13-23(29)31)25(32)17(3)30-15-28-26-24(27(30)33)20(14-35-26)18-7-5-16(2)6-8-18/h4-10,12,14-15,17H,1,11,13H2,2-3H3. The van der Waals surface area contributed by atoms with Gasteiger partial charge in [0, 0.05) is 23.1 Å². The molecule has 7 nitrogen and oxygen atoms in total. The molecule has 1 unspecified atom stereocenters. The highest BCUT2D eigenvalue weighted by Gasteiger charge is 2.27. The monoisotopic (exact) mass is 485 g/mol. The van der Waals surface area contributed by atoms with Crippen LogP contribution in [0.2, 0.25) is 0 Å². The third-order valence-electron chi connectivity index (χ3n) is 6.18. The molecule has 0 fully saturated rings. The summed E-state index contributed by atoms with van der Waals surface area (Å²) in [5.74, 6) is 0.0543. The van der Waals surface area contributed by atoms with E-state index in [0.717, 1.165) is 16.7 Å². The van der Waals surface area contributed by atoms with Crippen molar-refractivity contribution in [1.29, 1.82) is 0 Å². The number of anilines is 1. The quantitative estimate of drug-likeness (QED) is 0.290. The van der Waals surface area contributed by atoms with Crippen LogP contribution in [0.15, 0.2) is 71.6 Å². The van der Waals surface area contributed by atoms with Crippen molar-refractivity contribution < 1.29 is 14.3 Å². The van der Waals surface area contributed by atoms with Crippen LogP contribution in [0, 0.1) is 6.92 Å². The smallest absolute Gasteiger partial charge is 0.265 e. The molecule has 0 spiro atoms. The van der Waals surface area contributed by atoms with E-state index < -0.39 is 6.04 Å². The number of hydrogen-bond donors (Lipinski definition) is 0. The van der Waals surface area contributed by atoms with E-state index in [4.69, 9.17) is 4.74 Å². The Morgan fingerprint density at radius 1 is 1.23 bits per heavy atom. The average molecular weight is 486 g/mol. The van der Waals surface area contributed by atoms with Crippen LogP contribution in [-0.2, 0) is 4.79 Å². The van der Waals surface area contributed by atoms with Crippen LogP contribution >= 0.6 is 11.3 Å². The molecule has 0 radical (unpaired) electrons. The normalized spacial score (nSPS) is 13.9. The summed E-state index contributed by atoms with van der Waals surface area (Å²) < 4.78 is 6.88. The van der Waals surface area contributed by atoms with E-state index in [1.165, 1.54) is 27.1 Å². The lowest BCUT2D eigenvalue weighted by Crippen LogP contribution is -2.39. The van der Waals surface area contributed by atoms with E-state index in [1.807, 2.05) is 36.6 Å². The summed E-state index contributed by atoms with van der Waals surface area (Å²) in [5.41, 5.74) is 3.49. The van der Waals surface area contributed by atoms with Gasteiger partial charge >= 0.3 is 0 Å². The number of nitrogens with zero attached hydrogens (tertiary/aromatic N) is 3. The minimum absolute atomic E-state index is 0.0600. The number of Topliss-reactive ketones (excluding diaryl/α,β-unsaturated/α-hetero) is 1. The predicted octanol–water partition coefficient (Wildman–Crippen LogP) is 4.79. The summed E-state index contributed by atoms with van der Waals surface area (Å²) in [4.78, 5) is 45.9. The van der Waals surface area contributed by atoms with Crippen LogP contribution in [0.1, 0.15) is 28.9 Å². The van der Waals surface area contributed by atoms with Gasteiger partial charge in [0.1, 0.15) is 10.6 Å². The lowest BCUT2D eigenvalue weighted by Gasteiger charge is -2.29. The Morgan fingerprint density at radius 2 is 2.00 bits per heavy atom. The van der Waals surface area contributed by atoms with Crippen LogP contribution in [0.4, 0.5) is 5.69 Å². The van der Waals surface area contributed by atoms with E-state index in [9.17, 15) is 14.4 Å². The number of benzene rings is 2. The zero-order valence-corrected chi connectivity index (χ0v) is 20.2. The Bertz CT molecular complexity index is 1530. The summed E-state index contributed by atoms with van der Waals surface area (Å²) in [7, 11) is 0. The molecule has 0 N–H and O–H groups in total. The second kappa shape index (κ2) is 8.96. The van der Waals surface area contributed by atoms with E-state index >= 15 is 0 Å². The van der Waals surface area contributed by atoms with Crippen molar-refractivity contribution in [1.82, 2.24) is 9.55 Å². The number of amides is 1. The number of ether oxygens (including phenoxy) is 1. The fraction of sp³-hybridized carbons (Fsp3) is 0.185. The number of carbonyl (C=O) groups is 2. The summed E-state index contributed by atoms with van der Waals surface area (Å²) in [6.45, 7) is 7.64. The number of hydrogen-bond acceptors (Lipinski definition) is 6. The minimum atomic E-state index is -0.795. The fourth-order valence-corrected chi connectivity index (χ4v) is 5.13. The maximum Gasteiger partial charge on any atom is 0.265 e. The predicted molar refractivity (Wildman–Crippen MR) is 138 cm³/mol. The molecule has 8 heteroatoms. The summed E-state index contributed by atoms with van der Waals surface area (Å²) in [6, 6.07) is 12.1. The number of carbonyl (C=O) groups excluding carboxylic acids is 2. The number of aryl methyl sites for hydroxylation is 1. The summed E-state index contributed by atoms with van der Waals surface area (Å²) in [6.07, 6.45) is 3.05. The number of ketones is 1. The molecule has 1 atom stereocenters. The van der Waals surface area contributed by atoms with E-state index in [0.29, 0.717) is 33.8 Å². The van der Waals surface area contributed by atoms with Crippen LogP contribution in [0.5, 0.6) is 5.75 Å². The van der Waals surface area contributed by atoms with Crippen molar-refractivity contribution >= 4 is 38.9 Å². The Morgan fingerprint density at radius 3 is 2.74 bits per heavy atom. The number of aromatic nitrogens is 2. The molecule has 0 saturated heterocycles. The molecule has 1 amide bonds. The van der Waals surface area contributed by atoms with Crippen molar-refractivity contribution in [3.05, 3.63) is 88.3 Å². The Hall–Kier alpha value is -4.04. The SMILES string of the molecule is C=CCN1C(=O)COc2ccc(C(=O)C(C)n3cnc4scc(-c5ccc(C)cc5)c4c3=O)cc21. The number of fused-ring (bicyclic) bond motifs is 2. The van der Waals surface area contributed by atoms with Gasteiger partial charge in [-0.1, -0.05) is 35.9 Å². The lowest BCUT2D eigenvalue weighted by molar-refractivity contribution is -0.121. The Balaban J connectivity index is 1.53. The molecule has 0 saturated carbocycles. The Labute approximate surface area is 205 Å².